The Labute approximate surface area is 139 Å². The van der Waals surface area contributed by atoms with E-state index in [1.807, 2.05) is 28.7 Å². The second kappa shape index (κ2) is 7.78. The summed E-state index contributed by atoms with van der Waals surface area (Å²) in [7, 11) is 0. The third-order valence-electron chi connectivity index (χ3n) is 2.93. The number of hydrogen-bond acceptors (Lipinski definition) is 4. The van der Waals surface area contributed by atoms with E-state index in [0.717, 1.165) is 5.33 Å². The number of halogens is 2. The van der Waals surface area contributed by atoms with Crippen LogP contribution < -0.4 is 4.74 Å². The molecule has 1 rings (SSSR count). The molecule has 0 saturated heterocycles. The SMILES string of the molecule is CC(C)C(CBr)COc1c(I)cc(C#N)cc1[N+](=O)[O-]. The Hall–Kier alpha value is -0.880. The fourth-order valence-electron chi connectivity index (χ4n) is 1.53. The van der Waals surface area contributed by atoms with Gasteiger partial charge in [0.2, 0.25) is 5.75 Å². The van der Waals surface area contributed by atoms with Crippen LogP contribution in [0.5, 0.6) is 5.75 Å². The molecule has 0 aliphatic rings. The van der Waals surface area contributed by atoms with E-state index in [1.54, 1.807) is 6.07 Å². The molecule has 0 fully saturated rings. The number of nitro groups is 1. The molecule has 0 spiro atoms. The van der Waals surface area contributed by atoms with Crippen LogP contribution in [0.3, 0.4) is 0 Å². The van der Waals surface area contributed by atoms with E-state index in [4.69, 9.17) is 10.00 Å². The molecule has 0 bridgehead atoms. The molecule has 1 unspecified atom stereocenters. The Morgan fingerprint density at radius 3 is 2.65 bits per heavy atom. The summed E-state index contributed by atoms with van der Waals surface area (Å²) in [5, 5.41) is 20.7. The zero-order chi connectivity index (χ0) is 15.3. The van der Waals surface area contributed by atoms with Crippen LogP contribution in [0.25, 0.3) is 0 Å². The van der Waals surface area contributed by atoms with Gasteiger partial charge in [-0.1, -0.05) is 29.8 Å². The van der Waals surface area contributed by atoms with E-state index in [0.29, 0.717) is 16.1 Å². The maximum Gasteiger partial charge on any atom is 0.313 e. The predicted octanol–water partition coefficient (Wildman–Crippen LogP) is 4.12. The van der Waals surface area contributed by atoms with E-state index in [2.05, 4.69) is 29.8 Å². The highest BCUT2D eigenvalue weighted by Crippen LogP contribution is 2.34. The lowest BCUT2D eigenvalue weighted by atomic mass is 9.99. The second-order valence-electron chi connectivity index (χ2n) is 4.64. The van der Waals surface area contributed by atoms with Crippen LogP contribution in [0, 0.1) is 36.9 Å². The number of benzene rings is 1. The first-order valence-corrected chi connectivity index (χ1v) is 8.17. The molecule has 1 aromatic carbocycles. The maximum absolute atomic E-state index is 11.1. The molecule has 0 aromatic heterocycles. The summed E-state index contributed by atoms with van der Waals surface area (Å²) in [6.45, 7) is 4.55. The first kappa shape index (κ1) is 17.2. The van der Waals surface area contributed by atoms with Crippen LogP contribution in [0.4, 0.5) is 5.69 Å². The molecule has 0 radical (unpaired) electrons. The Balaban J connectivity index is 3.06. The number of nitrogens with zero attached hydrogens (tertiary/aromatic N) is 2. The molecule has 5 nitrogen and oxygen atoms in total. The van der Waals surface area contributed by atoms with E-state index in [9.17, 15) is 10.1 Å². The first-order chi connectivity index (χ1) is 9.40. The summed E-state index contributed by atoms with van der Waals surface area (Å²) in [5.41, 5.74) is 0.0971. The van der Waals surface area contributed by atoms with E-state index in [1.165, 1.54) is 6.07 Å². The highest BCUT2D eigenvalue weighted by Gasteiger charge is 2.22. The van der Waals surface area contributed by atoms with Gasteiger partial charge in [-0.05, 0) is 34.6 Å². The highest BCUT2D eigenvalue weighted by molar-refractivity contribution is 14.1. The largest absolute Gasteiger partial charge is 0.486 e. The van der Waals surface area contributed by atoms with Gasteiger partial charge >= 0.3 is 5.69 Å². The lowest BCUT2D eigenvalue weighted by Gasteiger charge is -2.19. The molecular weight excluding hydrogens is 439 g/mol. The highest BCUT2D eigenvalue weighted by atomic mass is 127. The maximum atomic E-state index is 11.1. The molecule has 0 saturated carbocycles. The average molecular weight is 453 g/mol. The monoisotopic (exact) mass is 452 g/mol. The van der Waals surface area contributed by atoms with Gasteiger partial charge in [-0.15, -0.1) is 0 Å². The molecule has 108 valence electrons. The van der Waals surface area contributed by atoms with E-state index >= 15 is 0 Å². The van der Waals surface area contributed by atoms with Crippen molar-refractivity contribution in [2.24, 2.45) is 11.8 Å². The van der Waals surface area contributed by atoms with Crippen LogP contribution >= 0.6 is 38.5 Å². The zero-order valence-electron chi connectivity index (χ0n) is 11.1. The molecule has 0 aliphatic carbocycles. The van der Waals surface area contributed by atoms with Gasteiger partial charge < -0.3 is 4.74 Å². The van der Waals surface area contributed by atoms with Gasteiger partial charge in [-0.25, -0.2) is 0 Å². The van der Waals surface area contributed by atoms with Gasteiger partial charge in [-0.2, -0.15) is 5.26 Å². The van der Waals surface area contributed by atoms with E-state index in [-0.39, 0.29) is 22.9 Å². The van der Waals surface area contributed by atoms with Crippen molar-refractivity contribution >= 4 is 44.2 Å². The smallest absolute Gasteiger partial charge is 0.313 e. The number of hydrogen-bond donors (Lipinski definition) is 0. The number of rotatable bonds is 6. The van der Waals surface area contributed by atoms with Crippen LogP contribution in [-0.4, -0.2) is 16.9 Å². The molecule has 0 aliphatic heterocycles. The summed E-state index contributed by atoms with van der Waals surface area (Å²) in [4.78, 5) is 10.6. The summed E-state index contributed by atoms with van der Waals surface area (Å²) in [5.74, 6) is 0.909. The normalized spacial score (nSPS) is 12.0. The standard InChI is InChI=1S/C13H14BrIN2O3/c1-8(2)10(5-14)7-20-13-11(15)3-9(6-16)4-12(13)17(18)19/h3-4,8,10H,5,7H2,1-2H3. The molecule has 20 heavy (non-hydrogen) atoms. The van der Waals surface area contributed by atoms with Crippen molar-refractivity contribution in [2.45, 2.75) is 13.8 Å². The van der Waals surface area contributed by atoms with Crippen molar-refractivity contribution in [1.29, 1.82) is 5.26 Å². The summed E-state index contributed by atoms with van der Waals surface area (Å²) < 4.78 is 6.23. The molecule has 1 aromatic rings. The number of nitriles is 1. The van der Waals surface area contributed by atoms with E-state index < -0.39 is 4.92 Å². The number of ether oxygens (including phenoxy) is 1. The van der Waals surface area contributed by atoms with Crippen LogP contribution in [0.15, 0.2) is 12.1 Å². The predicted molar refractivity (Wildman–Crippen MR) is 88.1 cm³/mol. The van der Waals surface area contributed by atoms with Crippen molar-refractivity contribution in [3.8, 4) is 11.8 Å². The summed E-state index contributed by atoms with van der Waals surface area (Å²) >= 11 is 5.37. The molecular formula is C13H14BrIN2O3. The van der Waals surface area contributed by atoms with Gasteiger partial charge in [0.25, 0.3) is 0 Å². The third-order valence-corrected chi connectivity index (χ3v) is 4.57. The van der Waals surface area contributed by atoms with Gasteiger partial charge in [0, 0.05) is 17.3 Å². The lowest BCUT2D eigenvalue weighted by molar-refractivity contribution is -0.386. The van der Waals surface area contributed by atoms with Crippen molar-refractivity contribution in [3.05, 3.63) is 31.4 Å². The van der Waals surface area contributed by atoms with Crippen molar-refractivity contribution in [3.63, 3.8) is 0 Å². The fourth-order valence-corrected chi connectivity index (χ4v) is 3.23. The molecule has 0 heterocycles. The fraction of sp³-hybridized carbons (Fsp3) is 0.462. The molecule has 1 atom stereocenters. The quantitative estimate of drug-likeness (QED) is 0.281. The summed E-state index contributed by atoms with van der Waals surface area (Å²) in [6.07, 6.45) is 0. The van der Waals surface area contributed by atoms with Crippen LogP contribution in [0.2, 0.25) is 0 Å². The molecule has 7 heteroatoms. The minimum absolute atomic E-state index is 0.162. The number of nitro benzene ring substituents is 1. The minimum atomic E-state index is -0.517. The topological polar surface area (TPSA) is 76.2 Å². The van der Waals surface area contributed by atoms with Crippen LogP contribution in [0.1, 0.15) is 19.4 Å². The zero-order valence-corrected chi connectivity index (χ0v) is 14.8. The second-order valence-corrected chi connectivity index (χ2v) is 6.45. The summed E-state index contributed by atoms with van der Waals surface area (Å²) in [6, 6.07) is 4.74. The van der Waals surface area contributed by atoms with Gasteiger partial charge in [0.15, 0.2) is 0 Å². The first-order valence-electron chi connectivity index (χ1n) is 5.97. The molecule has 0 N–H and O–H groups in total. The van der Waals surface area contributed by atoms with Gasteiger partial charge in [-0.3, -0.25) is 10.1 Å². The Morgan fingerprint density at radius 2 is 2.20 bits per heavy atom. The lowest BCUT2D eigenvalue weighted by Crippen LogP contribution is -2.20. The van der Waals surface area contributed by atoms with Crippen molar-refractivity contribution in [1.82, 2.24) is 0 Å². The van der Waals surface area contributed by atoms with Crippen LogP contribution in [-0.2, 0) is 0 Å². The van der Waals surface area contributed by atoms with Gasteiger partial charge in [0.1, 0.15) is 0 Å². The van der Waals surface area contributed by atoms with Crippen molar-refractivity contribution < 1.29 is 9.66 Å². The van der Waals surface area contributed by atoms with Gasteiger partial charge in [0.05, 0.1) is 26.7 Å². The Kier molecular flexibility index (Phi) is 6.68. The molecule has 0 amide bonds. The minimum Gasteiger partial charge on any atom is -0.486 e. The third kappa shape index (κ3) is 4.31. The number of alkyl halides is 1. The Morgan fingerprint density at radius 1 is 1.55 bits per heavy atom. The Bertz CT molecular complexity index is 543. The van der Waals surface area contributed by atoms with Crippen molar-refractivity contribution in [2.75, 3.05) is 11.9 Å². The average Bonchev–Trinajstić information content (AvgIpc) is 2.39.